The Labute approximate surface area is 103 Å². The Morgan fingerprint density at radius 2 is 2.41 bits per heavy atom. The highest BCUT2D eigenvalue weighted by atomic mass is 16.5. The molecule has 0 radical (unpaired) electrons. The summed E-state index contributed by atoms with van der Waals surface area (Å²) in [7, 11) is 0. The first-order valence-electron chi connectivity index (χ1n) is 6.41. The molecule has 4 nitrogen and oxygen atoms in total. The van der Waals surface area contributed by atoms with E-state index in [0.717, 1.165) is 24.5 Å². The van der Waals surface area contributed by atoms with Crippen LogP contribution in [-0.2, 0) is 0 Å². The summed E-state index contributed by atoms with van der Waals surface area (Å²) >= 11 is 0. The summed E-state index contributed by atoms with van der Waals surface area (Å²) < 4.78 is 5.64. The molecule has 2 heterocycles. The number of anilines is 1. The zero-order chi connectivity index (χ0) is 12.1. The maximum atomic E-state index is 5.84. The molecule has 0 amide bonds. The summed E-state index contributed by atoms with van der Waals surface area (Å²) in [4.78, 5) is 6.76. The molecule has 2 rings (SSSR count). The van der Waals surface area contributed by atoms with Gasteiger partial charge < -0.3 is 15.4 Å². The molecule has 0 aromatic carbocycles. The molecule has 1 fully saturated rings. The molecule has 17 heavy (non-hydrogen) atoms. The Hall–Kier alpha value is -1.29. The van der Waals surface area contributed by atoms with E-state index in [0.29, 0.717) is 19.2 Å². The van der Waals surface area contributed by atoms with E-state index >= 15 is 0 Å². The summed E-state index contributed by atoms with van der Waals surface area (Å²) in [6.45, 7) is 4.37. The second kappa shape index (κ2) is 5.87. The van der Waals surface area contributed by atoms with E-state index in [4.69, 9.17) is 10.5 Å². The molecule has 1 unspecified atom stereocenters. The first-order valence-corrected chi connectivity index (χ1v) is 6.41. The van der Waals surface area contributed by atoms with Crippen molar-refractivity contribution in [1.82, 2.24) is 4.98 Å². The molecule has 1 saturated heterocycles. The minimum Gasteiger partial charge on any atom is -0.490 e. The fraction of sp³-hybridized carbons (Fsp3) is 0.615. The summed E-state index contributed by atoms with van der Waals surface area (Å²) in [5.74, 6) is 1.82. The van der Waals surface area contributed by atoms with Gasteiger partial charge in [0.2, 0.25) is 0 Å². The van der Waals surface area contributed by atoms with Crippen LogP contribution in [-0.4, -0.2) is 30.7 Å². The molecular weight excluding hydrogens is 214 g/mol. The van der Waals surface area contributed by atoms with E-state index in [-0.39, 0.29) is 0 Å². The molecule has 2 N–H and O–H groups in total. The van der Waals surface area contributed by atoms with Gasteiger partial charge >= 0.3 is 0 Å². The Morgan fingerprint density at radius 1 is 1.53 bits per heavy atom. The lowest BCUT2D eigenvalue weighted by molar-refractivity contribution is 0.336. The molecular formula is C13H21N3O. The molecule has 1 atom stereocenters. The Kier molecular flexibility index (Phi) is 4.20. The number of nitrogens with zero attached hydrogens (tertiary/aromatic N) is 2. The van der Waals surface area contributed by atoms with Gasteiger partial charge in [-0.25, -0.2) is 4.98 Å². The third-order valence-electron chi connectivity index (χ3n) is 3.22. The van der Waals surface area contributed by atoms with Crippen molar-refractivity contribution in [3.8, 4) is 5.75 Å². The molecule has 0 aliphatic carbocycles. The quantitative estimate of drug-likeness (QED) is 0.864. The van der Waals surface area contributed by atoms with Crippen molar-refractivity contribution < 1.29 is 4.74 Å². The fourth-order valence-electron chi connectivity index (χ4n) is 2.39. The van der Waals surface area contributed by atoms with Crippen LogP contribution in [0.1, 0.15) is 26.2 Å². The van der Waals surface area contributed by atoms with E-state index in [9.17, 15) is 0 Å². The van der Waals surface area contributed by atoms with Crippen molar-refractivity contribution in [2.75, 3.05) is 24.6 Å². The molecule has 0 saturated carbocycles. The first kappa shape index (κ1) is 12.2. The third-order valence-corrected chi connectivity index (χ3v) is 3.22. The van der Waals surface area contributed by atoms with Gasteiger partial charge in [0, 0.05) is 25.3 Å². The second-order valence-corrected chi connectivity index (χ2v) is 4.34. The van der Waals surface area contributed by atoms with Gasteiger partial charge in [0.05, 0.1) is 6.61 Å². The van der Waals surface area contributed by atoms with Crippen LogP contribution >= 0.6 is 0 Å². The predicted octanol–water partition coefficient (Wildman–Crippen LogP) is 1.80. The lowest BCUT2D eigenvalue weighted by Gasteiger charge is -2.36. The van der Waals surface area contributed by atoms with Gasteiger partial charge in [0.15, 0.2) is 11.6 Å². The number of ether oxygens (including phenoxy) is 1. The highest BCUT2D eigenvalue weighted by molar-refractivity contribution is 5.53. The van der Waals surface area contributed by atoms with Gasteiger partial charge in [-0.3, -0.25) is 0 Å². The van der Waals surface area contributed by atoms with E-state index in [2.05, 4.69) is 9.88 Å². The van der Waals surface area contributed by atoms with Gasteiger partial charge in [0.25, 0.3) is 0 Å². The normalized spacial score (nSPS) is 20.4. The van der Waals surface area contributed by atoms with Crippen LogP contribution in [0.5, 0.6) is 5.75 Å². The highest BCUT2D eigenvalue weighted by Crippen LogP contribution is 2.30. The Morgan fingerprint density at radius 3 is 3.18 bits per heavy atom. The lowest BCUT2D eigenvalue weighted by atomic mass is 10.0. The van der Waals surface area contributed by atoms with Gasteiger partial charge in [-0.15, -0.1) is 0 Å². The number of piperidine rings is 1. The standard InChI is InChI=1S/C13H21N3O/c1-2-17-12-7-5-8-15-13(12)16-9-4-3-6-11(16)10-14/h5,7-8,11H,2-4,6,9-10,14H2,1H3. The van der Waals surface area contributed by atoms with E-state index in [1.165, 1.54) is 12.8 Å². The van der Waals surface area contributed by atoms with Crippen LogP contribution in [0.4, 0.5) is 5.82 Å². The van der Waals surface area contributed by atoms with Crippen LogP contribution in [0.25, 0.3) is 0 Å². The summed E-state index contributed by atoms with van der Waals surface area (Å²) in [6.07, 6.45) is 5.44. The van der Waals surface area contributed by atoms with Crippen LogP contribution in [0.2, 0.25) is 0 Å². The van der Waals surface area contributed by atoms with E-state index in [1.807, 2.05) is 25.3 Å². The fourth-order valence-corrected chi connectivity index (χ4v) is 2.39. The monoisotopic (exact) mass is 235 g/mol. The number of rotatable bonds is 4. The maximum Gasteiger partial charge on any atom is 0.171 e. The van der Waals surface area contributed by atoms with Crippen molar-refractivity contribution in [3.05, 3.63) is 18.3 Å². The van der Waals surface area contributed by atoms with Crippen molar-refractivity contribution in [1.29, 1.82) is 0 Å². The van der Waals surface area contributed by atoms with Gasteiger partial charge in [0.1, 0.15) is 0 Å². The van der Waals surface area contributed by atoms with Crippen molar-refractivity contribution in [3.63, 3.8) is 0 Å². The molecule has 0 spiro atoms. The Balaban J connectivity index is 2.24. The third kappa shape index (κ3) is 2.69. The predicted molar refractivity (Wildman–Crippen MR) is 69.4 cm³/mol. The molecule has 1 aliphatic rings. The first-order chi connectivity index (χ1) is 8.36. The molecule has 94 valence electrons. The zero-order valence-electron chi connectivity index (χ0n) is 10.4. The largest absolute Gasteiger partial charge is 0.490 e. The highest BCUT2D eigenvalue weighted by Gasteiger charge is 2.24. The average Bonchev–Trinajstić information content (AvgIpc) is 2.40. The molecule has 1 aromatic rings. The van der Waals surface area contributed by atoms with Crippen molar-refractivity contribution >= 4 is 5.82 Å². The minimum absolute atomic E-state index is 0.401. The molecule has 1 aliphatic heterocycles. The average molecular weight is 235 g/mol. The molecule has 1 aromatic heterocycles. The smallest absolute Gasteiger partial charge is 0.171 e. The molecule has 4 heteroatoms. The van der Waals surface area contributed by atoms with Crippen molar-refractivity contribution in [2.24, 2.45) is 5.73 Å². The Bertz CT molecular complexity index is 356. The minimum atomic E-state index is 0.401. The number of hydrogen-bond donors (Lipinski definition) is 1. The van der Waals surface area contributed by atoms with Gasteiger partial charge in [-0.05, 0) is 38.3 Å². The topological polar surface area (TPSA) is 51.4 Å². The second-order valence-electron chi connectivity index (χ2n) is 4.34. The summed E-state index contributed by atoms with van der Waals surface area (Å²) in [6, 6.07) is 4.29. The van der Waals surface area contributed by atoms with Gasteiger partial charge in [-0.1, -0.05) is 0 Å². The van der Waals surface area contributed by atoms with Crippen molar-refractivity contribution in [2.45, 2.75) is 32.2 Å². The number of nitrogens with two attached hydrogens (primary N) is 1. The molecule has 0 bridgehead atoms. The van der Waals surface area contributed by atoms with Crippen LogP contribution < -0.4 is 15.4 Å². The number of pyridine rings is 1. The zero-order valence-corrected chi connectivity index (χ0v) is 10.4. The SMILES string of the molecule is CCOc1cccnc1N1CCCCC1CN. The summed E-state index contributed by atoms with van der Waals surface area (Å²) in [5, 5.41) is 0. The number of aromatic nitrogens is 1. The van der Waals surface area contributed by atoms with E-state index < -0.39 is 0 Å². The van der Waals surface area contributed by atoms with Crippen LogP contribution in [0.15, 0.2) is 18.3 Å². The van der Waals surface area contributed by atoms with Crippen LogP contribution in [0.3, 0.4) is 0 Å². The van der Waals surface area contributed by atoms with Gasteiger partial charge in [-0.2, -0.15) is 0 Å². The lowest BCUT2D eigenvalue weighted by Crippen LogP contribution is -2.44. The van der Waals surface area contributed by atoms with E-state index in [1.54, 1.807) is 0 Å². The number of hydrogen-bond acceptors (Lipinski definition) is 4. The summed E-state index contributed by atoms with van der Waals surface area (Å²) in [5.41, 5.74) is 5.84. The maximum absolute atomic E-state index is 5.84. The van der Waals surface area contributed by atoms with Crippen LogP contribution in [0, 0.1) is 0 Å².